The molecule has 3 aromatic rings. The standard InChI is InChI=1S/C27H32BrFN4O3Si/c1-17-25(37(3,4)29)24(36-27(17)21-14-19(28)10-11-23(21)32(2)26(27)35)12-13-33-15-22(30-31-33)20(16-34)18-8-6-5-7-9-18/h5-11,14-15,17,20,24-25,34H,12-13,16H2,1-4H3/t17-,20?,24+,25-,27+/m1/s1. The number of aliphatic hydroxyl groups is 1. The summed E-state index contributed by atoms with van der Waals surface area (Å²) in [5.74, 6) is -0.735. The molecule has 1 aromatic heterocycles. The lowest BCUT2D eigenvalue weighted by Gasteiger charge is -2.31. The second-order valence-corrected chi connectivity index (χ2v) is 15.3. The van der Waals surface area contributed by atoms with Gasteiger partial charge in [0.2, 0.25) is 8.41 Å². The number of carbonyl (C=O) groups excluding carboxylic acids is 1. The second kappa shape index (κ2) is 9.72. The van der Waals surface area contributed by atoms with Crippen molar-refractivity contribution in [3.05, 3.63) is 76.0 Å². The van der Waals surface area contributed by atoms with Gasteiger partial charge in [-0.1, -0.05) is 58.4 Å². The zero-order chi connectivity index (χ0) is 26.5. The first-order chi connectivity index (χ1) is 17.6. The quantitative estimate of drug-likeness (QED) is 0.311. The van der Waals surface area contributed by atoms with Gasteiger partial charge in [0.1, 0.15) is 0 Å². The van der Waals surface area contributed by atoms with E-state index in [0.717, 1.165) is 21.3 Å². The average molecular weight is 588 g/mol. The summed E-state index contributed by atoms with van der Waals surface area (Å²) in [6.45, 7) is 5.74. The molecule has 1 unspecified atom stereocenters. The first kappa shape index (κ1) is 26.2. The Morgan fingerprint density at radius 3 is 2.65 bits per heavy atom. The summed E-state index contributed by atoms with van der Waals surface area (Å²) in [6.07, 6.45) is 1.88. The average Bonchev–Trinajstić information content (AvgIpc) is 3.50. The smallest absolute Gasteiger partial charge is 0.264 e. The van der Waals surface area contributed by atoms with Crippen LogP contribution in [0.25, 0.3) is 0 Å². The molecule has 3 heterocycles. The largest absolute Gasteiger partial charge is 0.395 e. The van der Waals surface area contributed by atoms with Crippen LogP contribution < -0.4 is 4.90 Å². The lowest BCUT2D eigenvalue weighted by molar-refractivity contribution is -0.145. The van der Waals surface area contributed by atoms with E-state index in [1.54, 1.807) is 29.7 Å². The number of likely N-dealkylation sites (N-methyl/N-ethyl adjacent to an activating group) is 1. The Balaban J connectivity index is 1.42. The van der Waals surface area contributed by atoms with E-state index in [1.165, 1.54) is 0 Å². The van der Waals surface area contributed by atoms with E-state index < -0.39 is 20.1 Å². The third kappa shape index (κ3) is 4.37. The number of aryl methyl sites for hydroxylation is 1. The fraction of sp³-hybridized carbons (Fsp3) is 0.444. The van der Waals surface area contributed by atoms with Gasteiger partial charge in [0, 0.05) is 41.3 Å². The van der Waals surface area contributed by atoms with Gasteiger partial charge in [-0.3, -0.25) is 9.48 Å². The summed E-state index contributed by atoms with van der Waals surface area (Å²) >= 11 is 3.54. The molecule has 2 aliphatic heterocycles. The molecule has 37 heavy (non-hydrogen) atoms. The van der Waals surface area contributed by atoms with Gasteiger partial charge in [0.15, 0.2) is 5.60 Å². The minimum atomic E-state index is -3.22. The van der Waals surface area contributed by atoms with Crippen molar-refractivity contribution in [1.29, 1.82) is 0 Å². The molecule has 2 aliphatic rings. The molecule has 0 saturated carbocycles. The number of aliphatic hydroxyl groups excluding tert-OH is 1. The minimum absolute atomic E-state index is 0.0806. The monoisotopic (exact) mass is 586 g/mol. The lowest BCUT2D eigenvalue weighted by Crippen LogP contribution is -2.44. The summed E-state index contributed by atoms with van der Waals surface area (Å²) in [6, 6.07) is 15.4. The van der Waals surface area contributed by atoms with E-state index in [0.29, 0.717) is 18.7 Å². The van der Waals surface area contributed by atoms with Crippen LogP contribution in [0, 0.1) is 5.92 Å². The predicted molar refractivity (Wildman–Crippen MR) is 146 cm³/mol. The number of aromatic nitrogens is 3. The fourth-order valence-corrected chi connectivity index (χ4v) is 9.20. The second-order valence-electron chi connectivity index (χ2n) is 10.6. The molecule has 0 radical (unpaired) electrons. The summed E-state index contributed by atoms with van der Waals surface area (Å²) in [7, 11) is -1.47. The third-order valence-electron chi connectivity index (χ3n) is 7.99. The van der Waals surface area contributed by atoms with Crippen LogP contribution in [0.2, 0.25) is 18.6 Å². The normalized spacial score (nSPS) is 26.2. The molecule has 7 nitrogen and oxygen atoms in total. The first-order valence-corrected chi connectivity index (χ1v) is 16.3. The van der Waals surface area contributed by atoms with Crippen LogP contribution in [0.5, 0.6) is 0 Å². The summed E-state index contributed by atoms with van der Waals surface area (Å²) in [5, 5.41) is 18.6. The molecule has 0 aliphatic carbocycles. The van der Waals surface area contributed by atoms with Crippen LogP contribution in [0.15, 0.2) is 59.2 Å². The van der Waals surface area contributed by atoms with Gasteiger partial charge in [-0.05, 0) is 43.3 Å². The zero-order valence-electron chi connectivity index (χ0n) is 21.4. The van der Waals surface area contributed by atoms with E-state index in [4.69, 9.17) is 4.74 Å². The van der Waals surface area contributed by atoms with Gasteiger partial charge in [-0.2, -0.15) is 0 Å². The first-order valence-electron chi connectivity index (χ1n) is 12.6. The predicted octanol–water partition coefficient (Wildman–Crippen LogP) is 5.01. The summed E-state index contributed by atoms with van der Waals surface area (Å²) in [5.41, 5.74) is 1.66. The van der Waals surface area contributed by atoms with Crippen molar-refractivity contribution in [3.8, 4) is 0 Å². The molecule has 1 spiro atoms. The van der Waals surface area contributed by atoms with E-state index in [-0.39, 0.29) is 29.9 Å². The molecular weight excluding hydrogens is 555 g/mol. The number of anilines is 1. The van der Waals surface area contributed by atoms with E-state index in [1.807, 2.05) is 61.7 Å². The van der Waals surface area contributed by atoms with Crippen LogP contribution in [0.3, 0.4) is 0 Å². The van der Waals surface area contributed by atoms with Crippen LogP contribution in [0.1, 0.15) is 36.1 Å². The number of nitrogens with zero attached hydrogens (tertiary/aromatic N) is 4. The summed E-state index contributed by atoms with van der Waals surface area (Å²) < 4.78 is 25.1. The maximum absolute atomic E-state index is 15.8. The molecule has 5 atom stereocenters. The topological polar surface area (TPSA) is 80.5 Å². The van der Waals surface area contributed by atoms with Crippen molar-refractivity contribution < 1.29 is 18.7 Å². The highest BCUT2D eigenvalue weighted by molar-refractivity contribution is 9.10. The van der Waals surface area contributed by atoms with Crippen molar-refractivity contribution >= 4 is 35.9 Å². The van der Waals surface area contributed by atoms with Gasteiger partial charge in [-0.25, -0.2) is 0 Å². The van der Waals surface area contributed by atoms with Crippen LogP contribution in [-0.2, 0) is 21.7 Å². The number of fused-ring (bicyclic) bond motifs is 2. The minimum Gasteiger partial charge on any atom is -0.395 e. The van der Waals surface area contributed by atoms with E-state index >= 15 is 4.11 Å². The Hall–Kier alpha value is -2.40. The number of rotatable bonds is 7. The maximum Gasteiger partial charge on any atom is 0.264 e. The number of halogens is 2. The van der Waals surface area contributed by atoms with Gasteiger partial charge in [0.05, 0.1) is 30.0 Å². The molecule has 10 heteroatoms. The Kier molecular flexibility index (Phi) is 6.89. The highest BCUT2D eigenvalue weighted by Crippen LogP contribution is 2.60. The molecule has 1 amide bonds. The van der Waals surface area contributed by atoms with E-state index in [9.17, 15) is 9.90 Å². The van der Waals surface area contributed by atoms with Gasteiger partial charge < -0.3 is 18.9 Å². The maximum atomic E-state index is 15.8. The summed E-state index contributed by atoms with van der Waals surface area (Å²) in [4.78, 5) is 15.3. The Morgan fingerprint density at radius 2 is 1.97 bits per heavy atom. The van der Waals surface area contributed by atoms with Crippen molar-refractivity contribution in [1.82, 2.24) is 15.0 Å². The van der Waals surface area contributed by atoms with Gasteiger partial charge in [-0.15, -0.1) is 5.10 Å². The molecule has 196 valence electrons. The number of benzene rings is 2. The highest BCUT2D eigenvalue weighted by Gasteiger charge is 2.66. The highest BCUT2D eigenvalue weighted by atomic mass is 79.9. The van der Waals surface area contributed by atoms with Crippen molar-refractivity contribution in [2.75, 3.05) is 18.6 Å². The molecule has 1 N–H and O–H groups in total. The number of carbonyl (C=O) groups is 1. The molecule has 1 saturated heterocycles. The van der Waals surface area contributed by atoms with Crippen molar-refractivity contribution in [3.63, 3.8) is 0 Å². The Bertz CT molecular complexity index is 1300. The van der Waals surface area contributed by atoms with Crippen LogP contribution in [0.4, 0.5) is 9.80 Å². The van der Waals surface area contributed by atoms with Gasteiger partial charge >= 0.3 is 0 Å². The van der Waals surface area contributed by atoms with Crippen LogP contribution >= 0.6 is 15.9 Å². The fourth-order valence-electron chi connectivity index (χ4n) is 6.29. The lowest BCUT2D eigenvalue weighted by atomic mass is 9.82. The molecule has 1 fully saturated rings. The molecule has 2 aromatic carbocycles. The molecule has 5 rings (SSSR count). The SMILES string of the molecule is C[C@@H]1[C@@H]([Si](C)(C)F)[C@H](CCn2cc(C(CO)c3ccccc3)nn2)O[C@@]12C(=O)N(C)c1ccc(Br)cc12. The number of hydrogen-bond donors (Lipinski definition) is 1. The van der Waals surface area contributed by atoms with E-state index in [2.05, 4.69) is 26.2 Å². The zero-order valence-corrected chi connectivity index (χ0v) is 24.0. The number of amides is 1. The third-order valence-corrected chi connectivity index (χ3v) is 10.9. The Morgan fingerprint density at radius 1 is 1.24 bits per heavy atom. The van der Waals surface area contributed by atoms with Crippen LogP contribution in [-0.4, -0.2) is 54.2 Å². The Labute approximate surface area is 225 Å². The molecule has 0 bridgehead atoms. The van der Waals surface area contributed by atoms with Crippen molar-refractivity contribution in [2.24, 2.45) is 5.92 Å². The molecular formula is C27H32BrFN4O3Si. The van der Waals surface area contributed by atoms with Gasteiger partial charge in [0.25, 0.3) is 5.91 Å². The number of ether oxygens (including phenoxy) is 1. The van der Waals surface area contributed by atoms with Crippen molar-refractivity contribution in [2.45, 2.75) is 56.1 Å². The number of hydrogen-bond acceptors (Lipinski definition) is 5.